The Balaban J connectivity index is 2.70. The summed E-state index contributed by atoms with van der Waals surface area (Å²) in [7, 11) is 0. The molecular weight excluding hydrogens is 352 g/mol. The summed E-state index contributed by atoms with van der Waals surface area (Å²) in [6, 6.07) is 1.62. The molecule has 1 N–H and O–H groups in total. The fourth-order valence-corrected chi connectivity index (χ4v) is 3.01. The second-order valence-electron chi connectivity index (χ2n) is 4.55. The third kappa shape index (κ3) is 4.42. The first-order valence-electron chi connectivity index (χ1n) is 6.47. The Morgan fingerprint density at radius 2 is 1.90 bits per heavy atom. The number of carbonyl (C=O) groups is 1. The van der Waals surface area contributed by atoms with E-state index < -0.39 is 17.5 Å². The highest BCUT2D eigenvalue weighted by Crippen LogP contribution is 2.21. The van der Waals surface area contributed by atoms with E-state index in [4.69, 9.17) is 11.6 Å². The van der Waals surface area contributed by atoms with Gasteiger partial charge in [0, 0.05) is 11.4 Å². The van der Waals surface area contributed by atoms with Crippen LogP contribution in [0.5, 0.6) is 0 Å². The standard InChI is InChI=1S/C14H17BrClF2NO/c1-3-8(4-2)10(15)7-19-14(20)9-5-13(18)11(16)6-12(9)17/h5-6,8,10H,3-4,7H2,1-2H3,(H,19,20). The van der Waals surface area contributed by atoms with Crippen LogP contribution in [-0.2, 0) is 0 Å². The van der Waals surface area contributed by atoms with Gasteiger partial charge in [-0.2, -0.15) is 0 Å². The summed E-state index contributed by atoms with van der Waals surface area (Å²) in [4.78, 5) is 11.9. The molecule has 0 heterocycles. The Hall–Kier alpha value is -0.680. The third-order valence-electron chi connectivity index (χ3n) is 3.27. The Morgan fingerprint density at radius 1 is 1.30 bits per heavy atom. The maximum atomic E-state index is 13.6. The normalized spacial score (nSPS) is 12.6. The van der Waals surface area contributed by atoms with Gasteiger partial charge >= 0.3 is 0 Å². The lowest BCUT2D eigenvalue weighted by Crippen LogP contribution is -2.33. The molecular formula is C14H17BrClF2NO. The van der Waals surface area contributed by atoms with Crippen molar-refractivity contribution >= 4 is 33.4 Å². The molecule has 1 rings (SSSR count). The zero-order valence-corrected chi connectivity index (χ0v) is 13.7. The molecule has 0 aliphatic carbocycles. The molecule has 1 atom stereocenters. The molecule has 0 saturated carbocycles. The van der Waals surface area contributed by atoms with Gasteiger partial charge in [0.15, 0.2) is 0 Å². The molecule has 1 aromatic carbocycles. The van der Waals surface area contributed by atoms with Crippen LogP contribution >= 0.6 is 27.5 Å². The van der Waals surface area contributed by atoms with E-state index in [1.165, 1.54) is 0 Å². The molecule has 20 heavy (non-hydrogen) atoms. The van der Waals surface area contributed by atoms with Crippen molar-refractivity contribution in [3.8, 4) is 0 Å². The van der Waals surface area contributed by atoms with Crippen LogP contribution in [0.2, 0.25) is 5.02 Å². The predicted octanol–water partition coefficient (Wildman–Crippen LogP) is 4.55. The second kappa shape index (κ2) is 7.93. The van der Waals surface area contributed by atoms with Crippen molar-refractivity contribution in [3.05, 3.63) is 34.4 Å². The molecule has 0 bridgehead atoms. The molecule has 0 saturated heterocycles. The van der Waals surface area contributed by atoms with Gasteiger partial charge in [-0.05, 0) is 18.1 Å². The summed E-state index contributed by atoms with van der Waals surface area (Å²) >= 11 is 8.95. The largest absolute Gasteiger partial charge is 0.351 e. The van der Waals surface area contributed by atoms with Crippen LogP contribution in [0.4, 0.5) is 8.78 Å². The van der Waals surface area contributed by atoms with Gasteiger partial charge in [0.25, 0.3) is 5.91 Å². The molecule has 1 unspecified atom stereocenters. The summed E-state index contributed by atoms with van der Waals surface area (Å²) in [5.41, 5.74) is -0.337. The molecule has 0 aliphatic rings. The number of hydrogen-bond acceptors (Lipinski definition) is 1. The van der Waals surface area contributed by atoms with Crippen LogP contribution in [0.15, 0.2) is 12.1 Å². The first-order valence-corrected chi connectivity index (χ1v) is 7.76. The van der Waals surface area contributed by atoms with E-state index in [9.17, 15) is 13.6 Å². The number of alkyl halides is 1. The Morgan fingerprint density at radius 3 is 2.45 bits per heavy atom. The molecule has 1 aromatic rings. The van der Waals surface area contributed by atoms with Gasteiger partial charge in [-0.3, -0.25) is 4.79 Å². The minimum Gasteiger partial charge on any atom is -0.351 e. The first kappa shape index (κ1) is 17.4. The Bertz CT molecular complexity index is 480. The van der Waals surface area contributed by atoms with Gasteiger partial charge in [0.1, 0.15) is 11.6 Å². The number of amides is 1. The molecule has 0 aliphatic heterocycles. The lowest BCUT2D eigenvalue weighted by molar-refractivity contribution is 0.0947. The third-order valence-corrected chi connectivity index (χ3v) is 4.63. The quantitative estimate of drug-likeness (QED) is 0.579. The number of benzene rings is 1. The fourth-order valence-electron chi connectivity index (χ4n) is 1.95. The second-order valence-corrected chi connectivity index (χ2v) is 6.13. The highest BCUT2D eigenvalue weighted by atomic mass is 79.9. The molecule has 0 radical (unpaired) electrons. The summed E-state index contributed by atoms with van der Waals surface area (Å²) in [5.74, 6) is -1.87. The maximum Gasteiger partial charge on any atom is 0.254 e. The average Bonchev–Trinajstić information content (AvgIpc) is 2.41. The summed E-state index contributed by atoms with van der Waals surface area (Å²) in [6.07, 6.45) is 1.96. The zero-order valence-electron chi connectivity index (χ0n) is 11.4. The maximum absolute atomic E-state index is 13.6. The lowest BCUT2D eigenvalue weighted by Gasteiger charge is -2.20. The van der Waals surface area contributed by atoms with Gasteiger partial charge < -0.3 is 5.32 Å². The van der Waals surface area contributed by atoms with E-state index in [0.717, 1.165) is 25.0 Å². The molecule has 6 heteroatoms. The lowest BCUT2D eigenvalue weighted by atomic mass is 9.99. The number of halogens is 4. The van der Waals surface area contributed by atoms with Crippen LogP contribution < -0.4 is 5.32 Å². The van der Waals surface area contributed by atoms with Crippen LogP contribution in [0.25, 0.3) is 0 Å². The van der Waals surface area contributed by atoms with Crippen LogP contribution in [0.3, 0.4) is 0 Å². The van der Waals surface area contributed by atoms with Gasteiger partial charge in [-0.15, -0.1) is 0 Å². The average molecular weight is 369 g/mol. The number of carbonyl (C=O) groups excluding carboxylic acids is 1. The highest BCUT2D eigenvalue weighted by Gasteiger charge is 2.19. The van der Waals surface area contributed by atoms with Crippen molar-refractivity contribution in [1.29, 1.82) is 0 Å². The molecule has 2 nitrogen and oxygen atoms in total. The molecule has 112 valence electrons. The van der Waals surface area contributed by atoms with Crippen molar-refractivity contribution in [3.63, 3.8) is 0 Å². The summed E-state index contributed by atoms with van der Waals surface area (Å²) in [6.45, 7) is 4.49. The van der Waals surface area contributed by atoms with Gasteiger partial charge in [0.2, 0.25) is 0 Å². The van der Waals surface area contributed by atoms with Crippen LogP contribution in [-0.4, -0.2) is 17.3 Å². The van der Waals surface area contributed by atoms with E-state index in [0.29, 0.717) is 12.5 Å². The summed E-state index contributed by atoms with van der Waals surface area (Å²) < 4.78 is 26.8. The van der Waals surface area contributed by atoms with E-state index in [1.807, 2.05) is 0 Å². The number of hydrogen-bond donors (Lipinski definition) is 1. The van der Waals surface area contributed by atoms with Crippen molar-refractivity contribution in [1.82, 2.24) is 5.32 Å². The first-order chi connectivity index (χ1) is 9.40. The number of rotatable bonds is 6. The van der Waals surface area contributed by atoms with Crippen molar-refractivity contribution in [2.75, 3.05) is 6.54 Å². The van der Waals surface area contributed by atoms with E-state index in [2.05, 4.69) is 35.1 Å². The van der Waals surface area contributed by atoms with E-state index >= 15 is 0 Å². The molecule has 0 spiro atoms. The number of nitrogens with one attached hydrogen (secondary N) is 1. The highest BCUT2D eigenvalue weighted by molar-refractivity contribution is 9.09. The topological polar surface area (TPSA) is 29.1 Å². The van der Waals surface area contributed by atoms with Gasteiger partial charge in [0.05, 0.1) is 10.6 Å². The van der Waals surface area contributed by atoms with Crippen LogP contribution in [0, 0.1) is 17.6 Å². The SMILES string of the molecule is CCC(CC)C(Br)CNC(=O)c1cc(F)c(Cl)cc1F. The smallest absolute Gasteiger partial charge is 0.254 e. The summed E-state index contributed by atoms with van der Waals surface area (Å²) in [5, 5.41) is 2.26. The Kier molecular flexibility index (Phi) is 6.89. The van der Waals surface area contributed by atoms with Crippen molar-refractivity contribution in [2.24, 2.45) is 5.92 Å². The minimum atomic E-state index is -0.831. The minimum absolute atomic E-state index is 0.0988. The van der Waals surface area contributed by atoms with Crippen molar-refractivity contribution in [2.45, 2.75) is 31.5 Å². The fraction of sp³-hybridized carbons (Fsp3) is 0.500. The molecule has 1 amide bonds. The zero-order chi connectivity index (χ0) is 15.3. The predicted molar refractivity (Wildman–Crippen MR) is 80.5 cm³/mol. The van der Waals surface area contributed by atoms with Crippen LogP contribution in [0.1, 0.15) is 37.0 Å². The van der Waals surface area contributed by atoms with Gasteiger partial charge in [-0.1, -0.05) is 54.2 Å². The molecule has 0 fully saturated rings. The van der Waals surface area contributed by atoms with E-state index in [1.54, 1.807) is 0 Å². The van der Waals surface area contributed by atoms with E-state index in [-0.39, 0.29) is 15.4 Å². The monoisotopic (exact) mass is 367 g/mol. The van der Waals surface area contributed by atoms with Crippen molar-refractivity contribution < 1.29 is 13.6 Å². The Labute approximate surface area is 131 Å². The van der Waals surface area contributed by atoms with Gasteiger partial charge in [-0.25, -0.2) is 8.78 Å². The molecule has 0 aromatic heterocycles.